The van der Waals surface area contributed by atoms with E-state index in [1.807, 2.05) is 84.7 Å². The van der Waals surface area contributed by atoms with Crippen molar-refractivity contribution < 1.29 is 4.57 Å². The predicted molar refractivity (Wildman–Crippen MR) is 134 cm³/mol. The summed E-state index contributed by atoms with van der Waals surface area (Å²) in [7, 11) is 2.00. The Morgan fingerprint density at radius 2 is 1.51 bits per heavy atom. The van der Waals surface area contributed by atoms with Crippen LogP contribution >= 0.6 is 0 Å². The fraction of sp³-hybridized carbons (Fsp3) is 0.148. The summed E-state index contributed by atoms with van der Waals surface area (Å²) in [4.78, 5) is 35.5. The van der Waals surface area contributed by atoms with Crippen LogP contribution in [0.5, 0.6) is 0 Å². The first-order chi connectivity index (χ1) is 17.1. The van der Waals surface area contributed by atoms with Crippen molar-refractivity contribution in [2.45, 2.75) is 19.5 Å². The number of fused-ring (bicyclic) bond motifs is 3. The second-order valence-corrected chi connectivity index (χ2v) is 8.56. The highest BCUT2D eigenvalue weighted by Gasteiger charge is 2.22. The van der Waals surface area contributed by atoms with Gasteiger partial charge < -0.3 is 0 Å². The fourth-order valence-electron chi connectivity index (χ4n) is 4.70. The molecule has 0 radical (unpaired) electrons. The zero-order valence-corrected chi connectivity index (χ0v) is 19.2. The molecule has 0 spiro atoms. The smallest absolute Gasteiger partial charge is 0.291 e. The number of imidazole rings is 1. The normalized spacial score (nSPS) is 11.6. The number of aryl methyl sites for hydroxylation is 2. The number of para-hydroxylation sites is 5. The summed E-state index contributed by atoms with van der Waals surface area (Å²) in [6, 6.07) is 25.3. The van der Waals surface area contributed by atoms with Gasteiger partial charge in [0.2, 0.25) is 6.33 Å². The molecule has 0 bridgehead atoms. The van der Waals surface area contributed by atoms with Crippen molar-refractivity contribution in [3.05, 3.63) is 106 Å². The molecule has 0 unspecified atom stereocenters. The summed E-state index contributed by atoms with van der Waals surface area (Å²) < 4.78 is 7.23. The van der Waals surface area contributed by atoms with Gasteiger partial charge in [0.1, 0.15) is 0 Å². The number of hydrogen-bond acceptors (Lipinski definition) is 4. The van der Waals surface area contributed by atoms with Gasteiger partial charge in [-0.2, -0.15) is 4.98 Å². The third kappa shape index (κ3) is 3.50. The predicted octanol–water partition coefficient (Wildman–Crippen LogP) is 2.92. The average Bonchev–Trinajstić information content (AvgIpc) is 3.21. The van der Waals surface area contributed by atoms with Crippen molar-refractivity contribution in [2.75, 3.05) is 0 Å². The third-order valence-corrected chi connectivity index (χ3v) is 6.34. The highest BCUT2D eigenvalue weighted by atomic mass is 16.2. The number of nitrogens with zero attached hydrogens (tertiary/aromatic N) is 6. The van der Waals surface area contributed by atoms with Crippen molar-refractivity contribution >= 4 is 22.1 Å². The van der Waals surface area contributed by atoms with E-state index in [1.165, 1.54) is 4.57 Å². The SMILES string of the molecule is C[n+]1cn(CCCn2c(=O)nc3n(-c4ccccc4)c4ccccc4nc-3c2=O)c2ccccc21. The van der Waals surface area contributed by atoms with E-state index >= 15 is 0 Å². The van der Waals surface area contributed by atoms with Crippen LogP contribution in [0.4, 0.5) is 0 Å². The zero-order valence-electron chi connectivity index (χ0n) is 19.2. The van der Waals surface area contributed by atoms with Gasteiger partial charge in [0.25, 0.3) is 5.56 Å². The number of rotatable bonds is 5. The van der Waals surface area contributed by atoms with Crippen LogP contribution < -0.4 is 15.8 Å². The maximum Gasteiger partial charge on any atom is 0.352 e. The Bertz CT molecular complexity index is 1780. The van der Waals surface area contributed by atoms with Crippen LogP contribution in [0.15, 0.2) is 94.8 Å². The van der Waals surface area contributed by atoms with E-state index in [0.29, 0.717) is 18.5 Å². The van der Waals surface area contributed by atoms with E-state index in [1.54, 1.807) is 0 Å². The van der Waals surface area contributed by atoms with E-state index in [-0.39, 0.29) is 18.1 Å². The largest absolute Gasteiger partial charge is 0.352 e. The van der Waals surface area contributed by atoms with Crippen LogP contribution in [0.1, 0.15) is 6.42 Å². The van der Waals surface area contributed by atoms with Crippen molar-refractivity contribution in [3.8, 4) is 17.2 Å². The van der Waals surface area contributed by atoms with Crippen molar-refractivity contribution in [1.29, 1.82) is 0 Å². The molecular weight excluding hydrogens is 440 g/mol. The standard InChI is InChI=1S/C27H23N6O2/c1-30-18-31(23-15-8-7-14-22(23)30)16-9-17-32-26(34)24-25(29-27(32)35)33(19-10-3-2-4-11-19)21-13-6-5-12-20(21)28-24/h2-8,10-15,18H,9,16-17H2,1H3/q+1. The molecule has 0 amide bonds. The van der Waals surface area contributed by atoms with Gasteiger partial charge in [0.15, 0.2) is 22.6 Å². The lowest BCUT2D eigenvalue weighted by Gasteiger charge is -2.17. The Morgan fingerprint density at radius 3 is 2.34 bits per heavy atom. The Labute approximate surface area is 200 Å². The molecule has 3 aromatic carbocycles. The molecule has 8 heteroatoms. The number of aromatic nitrogens is 6. The summed E-state index contributed by atoms with van der Waals surface area (Å²) in [5, 5.41) is 0. The second kappa shape index (κ2) is 8.32. The quantitative estimate of drug-likeness (QED) is 0.291. The van der Waals surface area contributed by atoms with Crippen molar-refractivity contribution in [3.63, 3.8) is 0 Å². The summed E-state index contributed by atoms with van der Waals surface area (Å²) in [6.45, 7) is 0.928. The Morgan fingerprint density at radius 1 is 0.800 bits per heavy atom. The maximum absolute atomic E-state index is 13.5. The van der Waals surface area contributed by atoms with Gasteiger partial charge in [0, 0.05) is 18.7 Å². The molecule has 1 aromatic heterocycles. The average molecular weight is 464 g/mol. The number of hydrogen-bond donors (Lipinski definition) is 0. The van der Waals surface area contributed by atoms with Crippen LogP contribution in [0.25, 0.3) is 39.3 Å². The van der Waals surface area contributed by atoms with Crippen LogP contribution in [0, 0.1) is 0 Å². The minimum Gasteiger partial charge on any atom is -0.291 e. The van der Waals surface area contributed by atoms with Crippen LogP contribution in [-0.4, -0.2) is 23.7 Å². The van der Waals surface area contributed by atoms with Crippen LogP contribution in [0.3, 0.4) is 0 Å². The maximum atomic E-state index is 13.5. The van der Waals surface area contributed by atoms with E-state index in [9.17, 15) is 9.59 Å². The topological polar surface area (TPSA) is 78.6 Å². The van der Waals surface area contributed by atoms with E-state index < -0.39 is 11.2 Å². The molecule has 0 atom stereocenters. The zero-order chi connectivity index (χ0) is 23.9. The first-order valence-corrected chi connectivity index (χ1v) is 11.5. The molecule has 35 heavy (non-hydrogen) atoms. The second-order valence-electron chi connectivity index (χ2n) is 8.56. The summed E-state index contributed by atoms with van der Waals surface area (Å²) in [5.74, 6) is 0.268. The summed E-state index contributed by atoms with van der Waals surface area (Å²) in [5.41, 5.74) is 3.70. The Hall–Kier alpha value is -4.59. The Kier molecular flexibility index (Phi) is 4.99. The van der Waals surface area contributed by atoms with Crippen LogP contribution in [0.2, 0.25) is 0 Å². The van der Waals surface area contributed by atoms with Gasteiger partial charge >= 0.3 is 5.69 Å². The molecule has 4 aromatic rings. The molecule has 0 fully saturated rings. The minimum absolute atomic E-state index is 0.185. The van der Waals surface area contributed by atoms with Gasteiger partial charge in [-0.05, 0) is 36.4 Å². The monoisotopic (exact) mass is 463 g/mol. The molecular formula is C27H23N6O2+. The van der Waals surface area contributed by atoms with Crippen LogP contribution in [-0.2, 0) is 20.1 Å². The highest BCUT2D eigenvalue weighted by Crippen LogP contribution is 2.24. The molecule has 0 saturated carbocycles. The molecule has 2 aliphatic heterocycles. The van der Waals surface area contributed by atoms with Gasteiger partial charge in [-0.3, -0.25) is 13.9 Å². The molecule has 172 valence electrons. The summed E-state index contributed by atoms with van der Waals surface area (Å²) in [6.07, 6.45) is 2.63. The van der Waals surface area contributed by atoms with Gasteiger partial charge in [0.05, 0.1) is 24.6 Å². The van der Waals surface area contributed by atoms with Gasteiger partial charge in [-0.15, -0.1) is 0 Å². The lowest BCUT2D eigenvalue weighted by Crippen LogP contribution is -2.38. The van der Waals surface area contributed by atoms with Gasteiger partial charge in [-0.25, -0.2) is 18.9 Å². The summed E-state index contributed by atoms with van der Waals surface area (Å²) >= 11 is 0. The van der Waals surface area contributed by atoms with E-state index in [2.05, 4.69) is 31.2 Å². The molecule has 0 aliphatic carbocycles. The molecule has 0 saturated heterocycles. The molecule has 2 aliphatic rings. The third-order valence-electron chi connectivity index (χ3n) is 6.34. The molecule has 0 N–H and O–H groups in total. The lowest BCUT2D eigenvalue weighted by atomic mass is 10.2. The van der Waals surface area contributed by atoms with Crippen molar-refractivity contribution in [2.24, 2.45) is 7.05 Å². The van der Waals surface area contributed by atoms with E-state index in [4.69, 9.17) is 0 Å². The fourth-order valence-corrected chi connectivity index (χ4v) is 4.70. The lowest BCUT2D eigenvalue weighted by molar-refractivity contribution is -0.645. The first-order valence-electron chi connectivity index (χ1n) is 11.5. The first kappa shape index (κ1) is 21.0. The van der Waals surface area contributed by atoms with Gasteiger partial charge in [-0.1, -0.05) is 42.5 Å². The molecule has 8 nitrogen and oxygen atoms in total. The van der Waals surface area contributed by atoms with E-state index in [0.717, 1.165) is 22.2 Å². The van der Waals surface area contributed by atoms with Crippen molar-refractivity contribution in [1.82, 2.24) is 23.7 Å². The highest BCUT2D eigenvalue weighted by molar-refractivity contribution is 5.81. The minimum atomic E-state index is -0.563. The molecule has 6 rings (SSSR count). The number of benzene rings is 3. The molecule has 3 heterocycles. The Balaban J connectivity index is 1.43.